The van der Waals surface area contributed by atoms with Gasteiger partial charge in [0.25, 0.3) is 0 Å². The van der Waals surface area contributed by atoms with E-state index in [0.717, 1.165) is 24.4 Å². The van der Waals surface area contributed by atoms with Crippen molar-refractivity contribution in [2.75, 3.05) is 5.75 Å². The van der Waals surface area contributed by atoms with Crippen molar-refractivity contribution in [1.29, 1.82) is 0 Å². The summed E-state index contributed by atoms with van der Waals surface area (Å²) in [6.07, 6.45) is 5.84. The molecule has 1 aliphatic carbocycles. The lowest BCUT2D eigenvalue weighted by atomic mass is 10.4. The molecule has 3 rings (SSSR count). The molecule has 0 atom stereocenters. The third-order valence-corrected chi connectivity index (χ3v) is 3.79. The van der Waals surface area contributed by atoms with Gasteiger partial charge in [0.2, 0.25) is 0 Å². The first kappa shape index (κ1) is 12.2. The predicted octanol–water partition coefficient (Wildman–Crippen LogP) is 1.05. The van der Waals surface area contributed by atoms with Crippen LogP contribution in [0.4, 0.5) is 0 Å². The lowest BCUT2D eigenvalue weighted by Crippen LogP contribution is -2.03. The highest BCUT2D eigenvalue weighted by atomic mass is 32.2. The second kappa shape index (κ2) is 4.69. The number of carbonyl (C=O) groups is 1. The molecule has 1 fully saturated rings. The number of carboxylic acid groups (broad SMARTS) is 1. The first-order chi connectivity index (χ1) is 9.15. The molecule has 2 aromatic heterocycles. The summed E-state index contributed by atoms with van der Waals surface area (Å²) < 4.78 is 3.62. The van der Waals surface area contributed by atoms with Crippen molar-refractivity contribution >= 4 is 17.7 Å². The van der Waals surface area contributed by atoms with Gasteiger partial charge in [-0.05, 0) is 12.8 Å². The number of nitrogens with zero attached hydrogens (tertiary/aromatic N) is 5. The Bertz CT molecular complexity index is 616. The monoisotopic (exact) mass is 279 g/mol. The van der Waals surface area contributed by atoms with E-state index < -0.39 is 5.97 Å². The Hall–Kier alpha value is -1.83. The van der Waals surface area contributed by atoms with Crippen LogP contribution >= 0.6 is 11.8 Å². The fraction of sp³-hybridized carbons (Fsp3) is 0.455. The van der Waals surface area contributed by atoms with Crippen LogP contribution < -0.4 is 0 Å². The van der Waals surface area contributed by atoms with Crippen LogP contribution in [0, 0.1) is 0 Å². The van der Waals surface area contributed by atoms with E-state index in [2.05, 4.69) is 15.3 Å². The maximum absolute atomic E-state index is 10.7. The smallest absolute Gasteiger partial charge is 0.313 e. The topological polar surface area (TPSA) is 85.8 Å². The Balaban J connectivity index is 1.97. The van der Waals surface area contributed by atoms with E-state index in [9.17, 15) is 4.79 Å². The molecule has 1 N–H and O–H groups in total. The molecule has 0 aliphatic heterocycles. The second-order valence-corrected chi connectivity index (χ2v) is 5.45. The van der Waals surface area contributed by atoms with Crippen LogP contribution in [0.5, 0.6) is 0 Å². The minimum atomic E-state index is -0.862. The van der Waals surface area contributed by atoms with Gasteiger partial charge in [0.1, 0.15) is 5.82 Å². The Labute approximate surface area is 113 Å². The molecule has 2 aromatic rings. The van der Waals surface area contributed by atoms with E-state index in [-0.39, 0.29) is 5.75 Å². The van der Waals surface area contributed by atoms with E-state index >= 15 is 0 Å². The van der Waals surface area contributed by atoms with Gasteiger partial charge in [-0.2, -0.15) is 5.10 Å². The summed E-state index contributed by atoms with van der Waals surface area (Å²) in [5, 5.41) is 21.8. The highest BCUT2D eigenvalue weighted by Gasteiger charge is 2.31. The van der Waals surface area contributed by atoms with Crippen LogP contribution in [0.2, 0.25) is 0 Å². The van der Waals surface area contributed by atoms with Crippen molar-refractivity contribution in [3.63, 3.8) is 0 Å². The second-order valence-electron chi connectivity index (χ2n) is 4.51. The molecule has 0 unspecified atom stereocenters. The number of thioether (sulfide) groups is 1. The van der Waals surface area contributed by atoms with E-state index in [1.54, 1.807) is 10.9 Å². The van der Waals surface area contributed by atoms with Gasteiger partial charge >= 0.3 is 5.97 Å². The van der Waals surface area contributed by atoms with Crippen molar-refractivity contribution in [2.45, 2.75) is 23.9 Å². The molecule has 0 aromatic carbocycles. The number of rotatable bonds is 5. The van der Waals surface area contributed by atoms with Crippen LogP contribution in [-0.2, 0) is 11.8 Å². The molecule has 2 heterocycles. The highest BCUT2D eigenvalue weighted by Crippen LogP contribution is 2.41. The molecular formula is C11H13N5O2S. The van der Waals surface area contributed by atoms with Crippen LogP contribution in [-0.4, -0.2) is 41.4 Å². The summed E-state index contributed by atoms with van der Waals surface area (Å²) in [6, 6.07) is 0. The molecule has 0 amide bonds. The normalized spacial score (nSPS) is 14.8. The highest BCUT2D eigenvalue weighted by molar-refractivity contribution is 7.99. The number of aliphatic carboxylic acids is 1. The van der Waals surface area contributed by atoms with Crippen molar-refractivity contribution in [3.05, 3.63) is 18.2 Å². The van der Waals surface area contributed by atoms with Crippen molar-refractivity contribution < 1.29 is 9.90 Å². The molecule has 7 nitrogen and oxygen atoms in total. The van der Waals surface area contributed by atoms with Crippen LogP contribution in [0.25, 0.3) is 5.69 Å². The largest absolute Gasteiger partial charge is 0.481 e. The molecule has 0 saturated heterocycles. The number of aromatic nitrogens is 5. The Kier molecular flexibility index (Phi) is 3.02. The summed E-state index contributed by atoms with van der Waals surface area (Å²) >= 11 is 1.18. The third-order valence-electron chi connectivity index (χ3n) is 2.88. The SMILES string of the molecule is Cn1cc(-n2c(SCC(=O)O)nnc2C2CC2)cn1. The van der Waals surface area contributed by atoms with E-state index in [1.807, 2.05) is 17.8 Å². The van der Waals surface area contributed by atoms with Gasteiger partial charge in [-0.3, -0.25) is 14.0 Å². The fourth-order valence-corrected chi connectivity index (χ4v) is 2.55. The maximum Gasteiger partial charge on any atom is 0.313 e. The molecule has 1 saturated carbocycles. The first-order valence-corrected chi connectivity index (χ1v) is 6.92. The average molecular weight is 279 g/mol. The van der Waals surface area contributed by atoms with Gasteiger partial charge in [0.15, 0.2) is 5.16 Å². The summed E-state index contributed by atoms with van der Waals surface area (Å²) in [4.78, 5) is 10.7. The van der Waals surface area contributed by atoms with Gasteiger partial charge in [-0.25, -0.2) is 0 Å². The van der Waals surface area contributed by atoms with Crippen LogP contribution in [0.3, 0.4) is 0 Å². The lowest BCUT2D eigenvalue weighted by Gasteiger charge is -2.05. The van der Waals surface area contributed by atoms with E-state index in [0.29, 0.717) is 11.1 Å². The maximum atomic E-state index is 10.7. The molecule has 0 radical (unpaired) electrons. The molecule has 100 valence electrons. The average Bonchev–Trinajstić information content (AvgIpc) is 2.98. The standard InChI is InChI=1S/C11H13N5O2S/c1-15-5-8(4-12-15)16-10(7-2-3-7)13-14-11(16)19-6-9(17)18/h4-5,7H,2-3,6H2,1H3,(H,17,18). The minimum Gasteiger partial charge on any atom is -0.481 e. The van der Waals surface area contributed by atoms with Crippen LogP contribution in [0.15, 0.2) is 17.6 Å². The van der Waals surface area contributed by atoms with E-state index in [1.165, 1.54) is 11.8 Å². The summed E-state index contributed by atoms with van der Waals surface area (Å²) in [5.74, 6) is 0.453. The fourth-order valence-electron chi connectivity index (χ4n) is 1.87. The number of aryl methyl sites for hydroxylation is 1. The molecular weight excluding hydrogens is 266 g/mol. The zero-order chi connectivity index (χ0) is 13.4. The summed E-state index contributed by atoms with van der Waals surface area (Å²) in [6.45, 7) is 0. The van der Waals surface area contributed by atoms with Gasteiger partial charge in [-0.1, -0.05) is 11.8 Å². The minimum absolute atomic E-state index is 0.0247. The summed E-state index contributed by atoms with van der Waals surface area (Å²) in [7, 11) is 1.84. The Morgan fingerprint density at radius 3 is 2.89 bits per heavy atom. The lowest BCUT2D eigenvalue weighted by molar-refractivity contribution is -0.133. The molecule has 19 heavy (non-hydrogen) atoms. The van der Waals surface area contributed by atoms with Gasteiger partial charge in [0, 0.05) is 19.2 Å². The van der Waals surface area contributed by atoms with Gasteiger partial charge in [-0.15, -0.1) is 10.2 Å². The van der Waals surface area contributed by atoms with Crippen molar-refractivity contribution in [1.82, 2.24) is 24.5 Å². The Morgan fingerprint density at radius 2 is 2.32 bits per heavy atom. The molecule has 1 aliphatic rings. The van der Waals surface area contributed by atoms with Crippen molar-refractivity contribution in [3.8, 4) is 5.69 Å². The quantitative estimate of drug-likeness (QED) is 0.823. The van der Waals surface area contributed by atoms with Gasteiger partial charge < -0.3 is 5.11 Å². The zero-order valence-electron chi connectivity index (χ0n) is 10.4. The third kappa shape index (κ3) is 2.48. The predicted molar refractivity (Wildman–Crippen MR) is 68.5 cm³/mol. The van der Waals surface area contributed by atoms with Gasteiger partial charge in [0.05, 0.1) is 17.6 Å². The van der Waals surface area contributed by atoms with Crippen LogP contribution in [0.1, 0.15) is 24.6 Å². The van der Waals surface area contributed by atoms with E-state index in [4.69, 9.17) is 5.11 Å². The zero-order valence-corrected chi connectivity index (χ0v) is 11.2. The molecule has 0 bridgehead atoms. The number of carboxylic acids is 1. The Morgan fingerprint density at radius 1 is 1.53 bits per heavy atom. The van der Waals surface area contributed by atoms with Crippen molar-refractivity contribution in [2.24, 2.45) is 7.05 Å². The number of hydrogen-bond donors (Lipinski definition) is 1. The number of hydrogen-bond acceptors (Lipinski definition) is 5. The summed E-state index contributed by atoms with van der Waals surface area (Å²) in [5.41, 5.74) is 0.877. The molecule has 8 heteroatoms. The first-order valence-electron chi connectivity index (χ1n) is 5.94. The molecule has 0 spiro atoms.